The monoisotopic (exact) mass is 317 g/mol. The first kappa shape index (κ1) is 14.5. The Labute approximate surface area is 131 Å². The summed E-state index contributed by atoms with van der Waals surface area (Å²) in [5, 5.41) is 1.06. The highest BCUT2D eigenvalue weighted by molar-refractivity contribution is 6.44. The van der Waals surface area contributed by atoms with Gasteiger partial charge in [-0.1, -0.05) is 23.7 Å². The molecule has 1 aliphatic heterocycles. The highest BCUT2D eigenvalue weighted by atomic mass is 35.5. The Morgan fingerprint density at radius 3 is 2.50 bits per heavy atom. The smallest absolute Gasteiger partial charge is 0.263 e. The number of nitrogens with zero attached hydrogens (tertiary/aromatic N) is 3. The summed E-state index contributed by atoms with van der Waals surface area (Å²) in [6, 6.07) is 6.84. The number of aryl methyl sites for hydroxylation is 1. The van der Waals surface area contributed by atoms with Crippen molar-refractivity contribution >= 4 is 40.3 Å². The largest absolute Gasteiger partial charge is 0.334 e. The van der Waals surface area contributed by atoms with E-state index in [-0.39, 0.29) is 11.7 Å². The van der Waals surface area contributed by atoms with E-state index in [0.29, 0.717) is 5.56 Å². The average Bonchev–Trinajstić information content (AvgIpc) is 2.66. The van der Waals surface area contributed by atoms with Gasteiger partial charge in [0.15, 0.2) is 0 Å². The molecule has 0 N–H and O–H groups in total. The first-order valence-electron chi connectivity index (χ1n) is 6.58. The number of fused-ring (bicyclic) bond motifs is 1. The predicted octanol–water partition coefficient (Wildman–Crippen LogP) is 2.12. The lowest BCUT2D eigenvalue weighted by molar-refractivity contribution is -0.143. The van der Waals surface area contributed by atoms with Gasteiger partial charge in [-0.3, -0.25) is 19.4 Å². The van der Waals surface area contributed by atoms with Gasteiger partial charge in [-0.15, -0.1) is 0 Å². The minimum Gasteiger partial charge on any atom is -0.263 e. The second-order valence-corrected chi connectivity index (χ2v) is 5.53. The van der Waals surface area contributed by atoms with Gasteiger partial charge in [-0.25, -0.2) is 9.78 Å². The third kappa shape index (κ3) is 2.21. The van der Waals surface area contributed by atoms with Crippen LogP contribution in [0.15, 0.2) is 24.3 Å². The van der Waals surface area contributed by atoms with Crippen molar-refractivity contribution in [2.75, 3.05) is 7.05 Å². The molecule has 0 saturated carbocycles. The average molecular weight is 318 g/mol. The lowest BCUT2D eigenvalue weighted by Gasteiger charge is -2.14. The van der Waals surface area contributed by atoms with Crippen molar-refractivity contribution in [3.63, 3.8) is 0 Å². The van der Waals surface area contributed by atoms with Gasteiger partial charge in [0.1, 0.15) is 5.15 Å². The Hall–Kier alpha value is -2.47. The first-order chi connectivity index (χ1) is 10.4. The lowest BCUT2D eigenvalue weighted by Crippen LogP contribution is -2.31. The Morgan fingerprint density at radius 1 is 1.14 bits per heavy atom. The summed E-state index contributed by atoms with van der Waals surface area (Å²) in [5.74, 6) is -1.70. The number of aromatic nitrogens is 1. The number of likely N-dealkylation sites (N-methyl/N-ethyl adjacent to an activating group) is 1. The van der Waals surface area contributed by atoms with E-state index in [2.05, 4.69) is 4.98 Å². The molecule has 0 bridgehead atoms. The summed E-state index contributed by atoms with van der Waals surface area (Å²) < 4.78 is 0. The van der Waals surface area contributed by atoms with Gasteiger partial charge in [-0.05, 0) is 24.6 Å². The molecule has 6 nitrogen and oxygen atoms in total. The number of carbonyl (C=O) groups excluding carboxylic acids is 3. The lowest BCUT2D eigenvalue weighted by atomic mass is 10.1. The molecule has 4 amide bonds. The van der Waals surface area contributed by atoms with Crippen LogP contribution in [0, 0.1) is 6.92 Å². The molecule has 2 aromatic rings. The number of benzene rings is 1. The van der Waals surface area contributed by atoms with Crippen LogP contribution in [0.3, 0.4) is 0 Å². The molecule has 0 spiro atoms. The predicted molar refractivity (Wildman–Crippen MR) is 80.2 cm³/mol. The van der Waals surface area contributed by atoms with E-state index in [0.717, 1.165) is 26.3 Å². The standard InChI is InChI=1S/C15H12ClN3O3/c1-8-3-4-9-6-10(12(16)17-11(9)5-8)7-19-14(21)13(20)18(2)15(19)22/h3-6H,7H2,1-2H3. The third-order valence-electron chi connectivity index (χ3n) is 3.58. The van der Waals surface area contributed by atoms with Crippen LogP contribution < -0.4 is 0 Å². The summed E-state index contributed by atoms with van der Waals surface area (Å²) >= 11 is 6.14. The molecular weight excluding hydrogens is 306 g/mol. The summed E-state index contributed by atoms with van der Waals surface area (Å²) in [5.41, 5.74) is 2.31. The van der Waals surface area contributed by atoms with Crippen molar-refractivity contribution in [3.05, 3.63) is 40.5 Å². The van der Waals surface area contributed by atoms with Crippen molar-refractivity contribution in [2.45, 2.75) is 13.5 Å². The third-order valence-corrected chi connectivity index (χ3v) is 3.91. The minimum atomic E-state index is -0.854. The van der Waals surface area contributed by atoms with Crippen LogP contribution in [0.2, 0.25) is 5.15 Å². The number of hydrogen-bond acceptors (Lipinski definition) is 4. The van der Waals surface area contributed by atoms with E-state index in [1.54, 1.807) is 6.07 Å². The van der Waals surface area contributed by atoms with Crippen LogP contribution >= 0.6 is 11.6 Å². The summed E-state index contributed by atoms with van der Waals surface area (Å²) in [7, 11) is 1.27. The Bertz CT molecular complexity index is 834. The number of amides is 4. The van der Waals surface area contributed by atoms with Crippen LogP contribution in [0.5, 0.6) is 0 Å². The number of halogens is 1. The molecule has 0 aliphatic carbocycles. The van der Waals surface area contributed by atoms with Crippen molar-refractivity contribution < 1.29 is 14.4 Å². The highest BCUT2D eigenvalue weighted by Crippen LogP contribution is 2.24. The number of rotatable bonds is 2. The number of pyridine rings is 1. The Balaban J connectivity index is 1.99. The second kappa shape index (κ2) is 5.06. The van der Waals surface area contributed by atoms with Crippen molar-refractivity contribution in [2.24, 2.45) is 0 Å². The minimum absolute atomic E-state index is 0.0800. The molecule has 0 radical (unpaired) electrons. The maximum absolute atomic E-state index is 11.9. The van der Waals surface area contributed by atoms with Crippen LogP contribution in [-0.2, 0) is 16.1 Å². The fourth-order valence-corrected chi connectivity index (χ4v) is 2.54. The summed E-state index contributed by atoms with van der Waals surface area (Å²) in [6.45, 7) is 1.87. The van der Waals surface area contributed by atoms with E-state index in [1.807, 2.05) is 25.1 Å². The van der Waals surface area contributed by atoms with E-state index in [1.165, 1.54) is 7.05 Å². The second-order valence-electron chi connectivity index (χ2n) is 5.17. The van der Waals surface area contributed by atoms with Gasteiger partial charge in [0.25, 0.3) is 0 Å². The molecule has 0 unspecified atom stereocenters. The molecule has 1 saturated heterocycles. The Kier molecular flexibility index (Phi) is 3.33. The molecule has 22 heavy (non-hydrogen) atoms. The zero-order valence-corrected chi connectivity index (χ0v) is 12.7. The quantitative estimate of drug-likeness (QED) is 0.483. The number of hydrogen-bond donors (Lipinski definition) is 0. The molecule has 1 aromatic heterocycles. The number of carbonyl (C=O) groups is 3. The SMILES string of the molecule is Cc1ccc2cc(CN3C(=O)C(=O)N(C)C3=O)c(Cl)nc2c1. The molecule has 3 rings (SSSR count). The van der Waals surface area contributed by atoms with Crippen LogP contribution in [0.4, 0.5) is 4.79 Å². The number of imide groups is 2. The molecule has 112 valence electrons. The maximum atomic E-state index is 11.9. The summed E-state index contributed by atoms with van der Waals surface area (Å²) in [6.07, 6.45) is 0. The maximum Gasteiger partial charge on any atom is 0.334 e. The van der Waals surface area contributed by atoms with E-state index in [9.17, 15) is 14.4 Å². The van der Waals surface area contributed by atoms with Crippen LogP contribution in [-0.4, -0.2) is 39.7 Å². The number of urea groups is 1. The van der Waals surface area contributed by atoms with Gasteiger partial charge < -0.3 is 0 Å². The van der Waals surface area contributed by atoms with Gasteiger partial charge in [0, 0.05) is 18.0 Å². The zero-order valence-electron chi connectivity index (χ0n) is 12.0. The molecule has 0 atom stereocenters. The van der Waals surface area contributed by atoms with Gasteiger partial charge in [0.05, 0.1) is 12.1 Å². The molecule has 7 heteroatoms. The first-order valence-corrected chi connectivity index (χ1v) is 6.95. The van der Waals surface area contributed by atoms with Gasteiger partial charge in [-0.2, -0.15) is 0 Å². The van der Waals surface area contributed by atoms with Crippen LogP contribution in [0.25, 0.3) is 10.9 Å². The summed E-state index contributed by atoms with van der Waals surface area (Å²) in [4.78, 5) is 41.1. The van der Waals surface area contributed by atoms with E-state index < -0.39 is 17.8 Å². The van der Waals surface area contributed by atoms with E-state index in [4.69, 9.17) is 11.6 Å². The molecule has 1 aliphatic rings. The zero-order chi connectivity index (χ0) is 16.0. The fraction of sp³-hybridized carbons (Fsp3) is 0.200. The molecule has 1 aromatic carbocycles. The van der Waals surface area contributed by atoms with Gasteiger partial charge >= 0.3 is 17.8 Å². The molecule has 2 heterocycles. The van der Waals surface area contributed by atoms with Crippen LogP contribution in [0.1, 0.15) is 11.1 Å². The Morgan fingerprint density at radius 2 is 1.86 bits per heavy atom. The topological polar surface area (TPSA) is 70.6 Å². The highest BCUT2D eigenvalue weighted by Gasteiger charge is 2.42. The fourth-order valence-electron chi connectivity index (χ4n) is 2.33. The van der Waals surface area contributed by atoms with Crippen molar-refractivity contribution in [3.8, 4) is 0 Å². The van der Waals surface area contributed by atoms with E-state index >= 15 is 0 Å². The van der Waals surface area contributed by atoms with Crippen molar-refractivity contribution in [1.29, 1.82) is 0 Å². The molecule has 1 fully saturated rings. The van der Waals surface area contributed by atoms with Crippen molar-refractivity contribution in [1.82, 2.24) is 14.8 Å². The normalized spacial score (nSPS) is 15.3. The molecular formula is C15H12ClN3O3. The van der Waals surface area contributed by atoms with Gasteiger partial charge in [0.2, 0.25) is 0 Å².